The Morgan fingerprint density at radius 1 is 0.964 bits per heavy atom. The Hall–Kier alpha value is -2.79. The van der Waals surface area contributed by atoms with Crippen LogP contribution in [0.15, 0.2) is 60.8 Å². The van der Waals surface area contributed by atoms with Crippen LogP contribution in [-0.4, -0.2) is 30.2 Å². The summed E-state index contributed by atoms with van der Waals surface area (Å²) in [5, 5.41) is 0. The van der Waals surface area contributed by atoms with Gasteiger partial charge in [0.15, 0.2) is 11.5 Å². The Balaban J connectivity index is 1.78. The number of halogens is 1. The monoisotopic (exact) mass is 380 g/mol. The number of methoxy groups -OCH3 is 2. The SMILES string of the molecule is COc1cccc(CN2CCCn3cccc3C2c2ccccc2F)c1OC. The van der Waals surface area contributed by atoms with Crippen LogP contribution in [0.1, 0.15) is 29.3 Å². The van der Waals surface area contributed by atoms with E-state index in [2.05, 4.69) is 21.7 Å². The van der Waals surface area contributed by atoms with E-state index < -0.39 is 0 Å². The van der Waals surface area contributed by atoms with Crippen LogP contribution in [0.2, 0.25) is 0 Å². The number of benzene rings is 2. The lowest BCUT2D eigenvalue weighted by molar-refractivity contribution is 0.213. The van der Waals surface area contributed by atoms with Crippen molar-refractivity contribution in [1.29, 1.82) is 0 Å². The molecule has 1 unspecified atom stereocenters. The van der Waals surface area contributed by atoms with Gasteiger partial charge < -0.3 is 14.0 Å². The standard InChI is InChI=1S/C23H25FN2O2/c1-27-21-12-5-8-17(23(21)28-2)16-26-15-7-14-25-13-6-11-20(25)22(26)18-9-3-4-10-19(18)24/h3-6,8-13,22H,7,14-16H2,1-2H3. The molecule has 1 aliphatic rings. The van der Waals surface area contributed by atoms with Gasteiger partial charge in [-0.15, -0.1) is 0 Å². The number of fused-ring (bicyclic) bond motifs is 1. The van der Waals surface area contributed by atoms with E-state index in [9.17, 15) is 4.39 Å². The molecule has 0 fully saturated rings. The molecule has 2 heterocycles. The van der Waals surface area contributed by atoms with Crippen molar-refractivity contribution in [2.45, 2.75) is 25.6 Å². The van der Waals surface area contributed by atoms with E-state index in [1.54, 1.807) is 20.3 Å². The second kappa shape index (κ2) is 8.07. The topological polar surface area (TPSA) is 26.6 Å². The lowest BCUT2D eigenvalue weighted by Crippen LogP contribution is -2.30. The number of para-hydroxylation sites is 1. The van der Waals surface area contributed by atoms with E-state index in [1.165, 1.54) is 6.07 Å². The molecule has 28 heavy (non-hydrogen) atoms. The number of hydrogen-bond donors (Lipinski definition) is 0. The highest BCUT2D eigenvalue weighted by atomic mass is 19.1. The van der Waals surface area contributed by atoms with Gasteiger partial charge in [-0.1, -0.05) is 30.3 Å². The maximum atomic E-state index is 14.8. The summed E-state index contributed by atoms with van der Waals surface area (Å²) in [6, 6.07) is 17.0. The van der Waals surface area contributed by atoms with Gasteiger partial charge in [0.1, 0.15) is 5.82 Å². The quantitative estimate of drug-likeness (QED) is 0.645. The van der Waals surface area contributed by atoms with E-state index in [1.807, 2.05) is 36.4 Å². The third kappa shape index (κ3) is 3.38. The molecule has 0 radical (unpaired) electrons. The largest absolute Gasteiger partial charge is 0.493 e. The minimum Gasteiger partial charge on any atom is -0.493 e. The molecule has 0 N–H and O–H groups in total. The van der Waals surface area contributed by atoms with Gasteiger partial charge in [-0.3, -0.25) is 4.90 Å². The lowest BCUT2D eigenvalue weighted by Gasteiger charge is -2.31. The summed E-state index contributed by atoms with van der Waals surface area (Å²) in [5.41, 5.74) is 2.85. The third-order valence-corrected chi connectivity index (χ3v) is 5.41. The molecule has 1 aromatic heterocycles. The van der Waals surface area contributed by atoms with Gasteiger partial charge in [0.2, 0.25) is 0 Å². The summed E-state index contributed by atoms with van der Waals surface area (Å²) in [6.45, 7) is 2.44. The smallest absolute Gasteiger partial charge is 0.165 e. The molecular formula is C23H25FN2O2. The van der Waals surface area contributed by atoms with Crippen LogP contribution in [0, 0.1) is 5.82 Å². The van der Waals surface area contributed by atoms with Crippen LogP contribution >= 0.6 is 0 Å². The molecule has 1 aliphatic heterocycles. The maximum absolute atomic E-state index is 14.8. The molecule has 4 nitrogen and oxygen atoms in total. The Morgan fingerprint density at radius 2 is 1.82 bits per heavy atom. The normalized spacial score (nSPS) is 17.0. The van der Waals surface area contributed by atoms with Gasteiger partial charge in [-0.05, 0) is 30.7 Å². The number of aryl methyl sites for hydroxylation is 1. The number of rotatable bonds is 5. The van der Waals surface area contributed by atoms with Gasteiger partial charge in [-0.2, -0.15) is 0 Å². The summed E-state index contributed by atoms with van der Waals surface area (Å²) in [5.74, 6) is 1.27. The van der Waals surface area contributed by atoms with Gasteiger partial charge in [0, 0.05) is 42.7 Å². The van der Waals surface area contributed by atoms with Crippen LogP contribution < -0.4 is 9.47 Å². The minimum atomic E-state index is -0.176. The number of ether oxygens (including phenoxy) is 2. The fraction of sp³-hybridized carbons (Fsp3) is 0.304. The molecular weight excluding hydrogens is 355 g/mol. The van der Waals surface area contributed by atoms with Crippen LogP contribution in [0.25, 0.3) is 0 Å². The van der Waals surface area contributed by atoms with Crippen LogP contribution in [0.5, 0.6) is 11.5 Å². The maximum Gasteiger partial charge on any atom is 0.165 e. The molecule has 2 aromatic carbocycles. The molecule has 0 saturated heterocycles. The van der Waals surface area contributed by atoms with Gasteiger partial charge in [0.05, 0.1) is 20.3 Å². The van der Waals surface area contributed by atoms with Gasteiger partial charge in [-0.25, -0.2) is 4.39 Å². The second-order valence-electron chi connectivity index (χ2n) is 7.03. The van der Waals surface area contributed by atoms with E-state index in [0.29, 0.717) is 17.9 Å². The first-order chi connectivity index (χ1) is 13.7. The molecule has 0 spiro atoms. The third-order valence-electron chi connectivity index (χ3n) is 5.41. The van der Waals surface area contributed by atoms with E-state index in [-0.39, 0.29) is 11.9 Å². The Bertz CT molecular complexity index is 953. The zero-order valence-electron chi connectivity index (χ0n) is 16.3. The molecule has 1 atom stereocenters. The molecule has 0 bridgehead atoms. The zero-order valence-corrected chi connectivity index (χ0v) is 16.3. The van der Waals surface area contributed by atoms with Crippen LogP contribution in [0.3, 0.4) is 0 Å². The molecule has 0 saturated carbocycles. The highest BCUT2D eigenvalue weighted by molar-refractivity contribution is 5.46. The summed E-state index contributed by atoms with van der Waals surface area (Å²) in [7, 11) is 3.30. The zero-order chi connectivity index (χ0) is 19.5. The highest BCUT2D eigenvalue weighted by Gasteiger charge is 2.30. The fourth-order valence-electron chi connectivity index (χ4n) is 4.16. The average Bonchev–Trinajstić information content (AvgIpc) is 3.10. The summed E-state index contributed by atoms with van der Waals surface area (Å²) < 4.78 is 28.1. The molecule has 0 amide bonds. The van der Waals surface area contributed by atoms with Gasteiger partial charge in [0.25, 0.3) is 0 Å². The first-order valence-corrected chi connectivity index (χ1v) is 9.56. The van der Waals surface area contributed by atoms with Crippen LogP contribution in [0.4, 0.5) is 4.39 Å². The van der Waals surface area contributed by atoms with Crippen molar-refractivity contribution in [3.63, 3.8) is 0 Å². The predicted octanol–water partition coefficient (Wildman–Crippen LogP) is 4.64. The van der Waals surface area contributed by atoms with E-state index in [0.717, 1.165) is 36.5 Å². The van der Waals surface area contributed by atoms with E-state index >= 15 is 0 Å². The fourth-order valence-corrected chi connectivity index (χ4v) is 4.16. The molecule has 146 valence electrons. The van der Waals surface area contributed by atoms with Crippen molar-refractivity contribution < 1.29 is 13.9 Å². The Kier molecular flexibility index (Phi) is 5.35. The molecule has 5 heteroatoms. The highest BCUT2D eigenvalue weighted by Crippen LogP contribution is 2.37. The van der Waals surface area contributed by atoms with Crippen molar-refractivity contribution >= 4 is 0 Å². The summed E-state index contributed by atoms with van der Waals surface area (Å²) >= 11 is 0. The first-order valence-electron chi connectivity index (χ1n) is 9.56. The Labute approximate surface area is 165 Å². The Morgan fingerprint density at radius 3 is 2.61 bits per heavy atom. The number of nitrogens with zero attached hydrogens (tertiary/aromatic N) is 2. The van der Waals surface area contributed by atoms with E-state index in [4.69, 9.17) is 9.47 Å². The van der Waals surface area contributed by atoms with Crippen LogP contribution in [-0.2, 0) is 13.1 Å². The predicted molar refractivity (Wildman–Crippen MR) is 107 cm³/mol. The van der Waals surface area contributed by atoms with Crippen molar-refractivity contribution in [1.82, 2.24) is 9.47 Å². The molecule has 0 aliphatic carbocycles. The lowest BCUT2D eigenvalue weighted by atomic mass is 10.00. The average molecular weight is 380 g/mol. The van der Waals surface area contributed by atoms with Gasteiger partial charge >= 0.3 is 0 Å². The summed E-state index contributed by atoms with van der Waals surface area (Å²) in [6.07, 6.45) is 3.08. The van der Waals surface area contributed by atoms with Crippen molar-refractivity contribution in [3.8, 4) is 11.5 Å². The minimum absolute atomic E-state index is 0.158. The first kappa shape index (κ1) is 18.6. The van der Waals surface area contributed by atoms with Crippen molar-refractivity contribution in [2.24, 2.45) is 0 Å². The van der Waals surface area contributed by atoms with Crippen molar-refractivity contribution in [2.75, 3.05) is 20.8 Å². The number of aromatic nitrogens is 1. The number of hydrogen-bond acceptors (Lipinski definition) is 3. The molecule has 4 rings (SSSR count). The van der Waals surface area contributed by atoms with Crippen molar-refractivity contribution in [3.05, 3.63) is 83.4 Å². The summed E-state index contributed by atoms with van der Waals surface area (Å²) in [4.78, 5) is 2.33. The molecule has 3 aromatic rings. The second-order valence-corrected chi connectivity index (χ2v) is 7.03.